The molecule has 0 bridgehead atoms. The molecule has 0 saturated carbocycles. The monoisotopic (exact) mass is 382 g/mol. The highest BCUT2D eigenvalue weighted by molar-refractivity contribution is 5.15. The molecule has 0 saturated heterocycles. The summed E-state index contributed by atoms with van der Waals surface area (Å²) in [7, 11) is 0. The van der Waals surface area contributed by atoms with Gasteiger partial charge in [-0.1, -0.05) is 109 Å². The van der Waals surface area contributed by atoms with Crippen LogP contribution in [0, 0.1) is 11.8 Å². The third-order valence-electron chi connectivity index (χ3n) is 6.05. The van der Waals surface area contributed by atoms with E-state index in [1.54, 1.807) is 0 Å². The van der Waals surface area contributed by atoms with E-state index < -0.39 is 0 Å². The molecule has 0 aliphatic carbocycles. The van der Waals surface area contributed by atoms with Crippen molar-refractivity contribution >= 4 is 0 Å². The van der Waals surface area contributed by atoms with Gasteiger partial charge in [-0.2, -0.15) is 0 Å². The predicted octanol–water partition coefficient (Wildman–Crippen LogP) is 7.86. The molecule has 0 amide bonds. The van der Waals surface area contributed by atoms with Crippen LogP contribution >= 0.6 is 0 Å². The Bertz CT molecular complexity index is 588. The van der Waals surface area contributed by atoms with Gasteiger partial charge >= 0.3 is 0 Å². The van der Waals surface area contributed by atoms with Crippen LogP contribution < -0.4 is 0 Å². The highest BCUT2D eigenvalue weighted by Gasteiger charge is 2.25. The molecule has 0 radical (unpaired) electrons. The molecule has 2 nitrogen and oxygen atoms in total. The summed E-state index contributed by atoms with van der Waals surface area (Å²) in [6.45, 7) is 7.01. The summed E-state index contributed by atoms with van der Waals surface area (Å²) in [5, 5.41) is 0. The van der Waals surface area contributed by atoms with Gasteiger partial charge < -0.3 is 4.57 Å². The minimum absolute atomic E-state index is 0.525. The maximum absolute atomic E-state index is 4.33. The summed E-state index contributed by atoms with van der Waals surface area (Å²) in [5.41, 5.74) is 1.47. The van der Waals surface area contributed by atoms with Gasteiger partial charge in [-0.25, -0.2) is 4.98 Å². The zero-order valence-corrected chi connectivity index (χ0v) is 18.5. The Labute approximate surface area is 173 Å². The van der Waals surface area contributed by atoms with E-state index in [9.17, 15) is 0 Å². The number of aromatic nitrogens is 2. The first kappa shape index (κ1) is 22.7. The first-order valence-electron chi connectivity index (χ1n) is 11.7. The Kier molecular flexibility index (Phi) is 11.0. The van der Waals surface area contributed by atoms with Crippen LogP contribution in [0.4, 0.5) is 0 Å². The van der Waals surface area contributed by atoms with Crippen LogP contribution in [0.2, 0.25) is 0 Å². The molecule has 2 unspecified atom stereocenters. The zero-order chi connectivity index (χ0) is 20.0. The Balaban J connectivity index is 1.86. The van der Waals surface area contributed by atoms with Crippen molar-refractivity contribution in [1.82, 2.24) is 9.55 Å². The van der Waals surface area contributed by atoms with Gasteiger partial charge in [-0.15, -0.1) is 0 Å². The van der Waals surface area contributed by atoms with Crippen LogP contribution in [0.1, 0.15) is 96.6 Å². The molecule has 2 heteroatoms. The molecule has 2 rings (SSSR count). The highest BCUT2D eigenvalue weighted by atomic mass is 15.1. The van der Waals surface area contributed by atoms with E-state index in [1.807, 2.05) is 12.5 Å². The summed E-state index contributed by atoms with van der Waals surface area (Å²) < 4.78 is 2.35. The van der Waals surface area contributed by atoms with Crippen molar-refractivity contribution < 1.29 is 0 Å². The lowest BCUT2D eigenvalue weighted by Gasteiger charge is -2.32. The average Bonchev–Trinajstić information content (AvgIpc) is 3.21. The largest absolute Gasteiger partial charge is 0.334 e. The van der Waals surface area contributed by atoms with E-state index in [2.05, 4.69) is 66.9 Å². The van der Waals surface area contributed by atoms with E-state index in [4.69, 9.17) is 0 Å². The number of imidazole rings is 1. The lowest BCUT2D eigenvalue weighted by Crippen LogP contribution is -2.25. The molecule has 0 aliphatic heterocycles. The molecule has 0 N–H and O–H groups in total. The molecule has 0 aliphatic rings. The van der Waals surface area contributed by atoms with Crippen molar-refractivity contribution in [2.75, 3.05) is 0 Å². The van der Waals surface area contributed by atoms with Gasteiger partial charge in [0.2, 0.25) is 0 Å². The average molecular weight is 383 g/mol. The van der Waals surface area contributed by atoms with Crippen LogP contribution in [0.15, 0.2) is 49.1 Å². The first-order chi connectivity index (χ1) is 13.7. The van der Waals surface area contributed by atoms with Gasteiger partial charge in [0.05, 0.1) is 6.33 Å². The SMILES string of the molecule is CCCCCCCCCCCC(Cc1ccccc1)C(C(C)C)n1ccnc1. The van der Waals surface area contributed by atoms with Crippen molar-refractivity contribution in [3.63, 3.8) is 0 Å². The fourth-order valence-electron chi connectivity index (χ4n) is 4.61. The van der Waals surface area contributed by atoms with Gasteiger partial charge in [0.1, 0.15) is 0 Å². The van der Waals surface area contributed by atoms with E-state index in [1.165, 1.54) is 76.2 Å². The van der Waals surface area contributed by atoms with Crippen molar-refractivity contribution in [3.8, 4) is 0 Å². The molecule has 156 valence electrons. The Morgan fingerprint density at radius 3 is 2.07 bits per heavy atom. The first-order valence-corrected chi connectivity index (χ1v) is 11.7. The normalized spacial score (nSPS) is 13.7. The van der Waals surface area contributed by atoms with Crippen LogP contribution in [-0.4, -0.2) is 9.55 Å². The molecule has 2 atom stereocenters. The predicted molar refractivity (Wildman–Crippen MR) is 122 cm³/mol. The fraction of sp³-hybridized carbons (Fsp3) is 0.654. The number of rotatable bonds is 15. The molecule has 2 aromatic rings. The van der Waals surface area contributed by atoms with E-state index in [0.29, 0.717) is 17.9 Å². The maximum atomic E-state index is 4.33. The van der Waals surface area contributed by atoms with Crippen molar-refractivity contribution in [2.24, 2.45) is 11.8 Å². The summed E-state index contributed by atoms with van der Waals surface area (Å²) in [4.78, 5) is 4.33. The number of nitrogens with zero attached hydrogens (tertiary/aromatic N) is 2. The van der Waals surface area contributed by atoms with Crippen LogP contribution in [0.3, 0.4) is 0 Å². The molecule has 1 aromatic heterocycles. The fourth-order valence-corrected chi connectivity index (χ4v) is 4.61. The Morgan fingerprint density at radius 2 is 1.50 bits per heavy atom. The summed E-state index contributed by atoms with van der Waals surface area (Å²) >= 11 is 0. The lowest BCUT2D eigenvalue weighted by atomic mass is 9.82. The minimum Gasteiger partial charge on any atom is -0.334 e. The maximum Gasteiger partial charge on any atom is 0.0948 e. The highest BCUT2D eigenvalue weighted by Crippen LogP contribution is 2.33. The molecule has 28 heavy (non-hydrogen) atoms. The van der Waals surface area contributed by atoms with Crippen molar-refractivity contribution in [1.29, 1.82) is 0 Å². The molecule has 0 fully saturated rings. The standard InChI is InChI=1S/C26H42N2/c1-4-5-6-7-8-9-10-11-15-18-25(21-24-16-13-12-14-17-24)26(23(2)3)28-20-19-27-22-28/h12-14,16-17,19-20,22-23,25-26H,4-11,15,18,21H2,1-3H3. The molecule has 0 spiro atoms. The Hall–Kier alpha value is -1.57. The summed E-state index contributed by atoms with van der Waals surface area (Å²) in [6, 6.07) is 11.6. The smallest absolute Gasteiger partial charge is 0.0948 e. The zero-order valence-electron chi connectivity index (χ0n) is 18.5. The van der Waals surface area contributed by atoms with Crippen LogP contribution in [0.25, 0.3) is 0 Å². The van der Waals surface area contributed by atoms with E-state index >= 15 is 0 Å². The molecular formula is C26H42N2. The second kappa shape index (κ2) is 13.6. The summed E-state index contributed by atoms with van der Waals surface area (Å²) in [6.07, 6.45) is 21.2. The topological polar surface area (TPSA) is 17.8 Å². The second-order valence-corrected chi connectivity index (χ2v) is 8.81. The molecule has 1 heterocycles. The van der Waals surface area contributed by atoms with E-state index in [-0.39, 0.29) is 0 Å². The summed E-state index contributed by atoms with van der Waals surface area (Å²) in [5.74, 6) is 1.28. The number of hydrogen-bond acceptors (Lipinski definition) is 1. The van der Waals surface area contributed by atoms with Crippen LogP contribution in [0.5, 0.6) is 0 Å². The quantitative estimate of drug-likeness (QED) is 0.287. The van der Waals surface area contributed by atoms with E-state index in [0.717, 1.165) is 0 Å². The van der Waals surface area contributed by atoms with Crippen molar-refractivity contribution in [3.05, 3.63) is 54.6 Å². The number of benzene rings is 1. The molecule has 1 aromatic carbocycles. The molecular weight excluding hydrogens is 340 g/mol. The van der Waals surface area contributed by atoms with Gasteiger partial charge in [0.25, 0.3) is 0 Å². The van der Waals surface area contributed by atoms with Crippen LogP contribution in [-0.2, 0) is 6.42 Å². The third kappa shape index (κ3) is 8.20. The Morgan fingerprint density at radius 1 is 0.857 bits per heavy atom. The van der Waals surface area contributed by atoms with Crippen molar-refractivity contribution in [2.45, 2.75) is 97.4 Å². The second-order valence-electron chi connectivity index (χ2n) is 8.81. The minimum atomic E-state index is 0.525. The lowest BCUT2D eigenvalue weighted by molar-refractivity contribution is 0.234. The van der Waals surface area contributed by atoms with Gasteiger partial charge in [-0.3, -0.25) is 0 Å². The van der Waals surface area contributed by atoms with Gasteiger partial charge in [0, 0.05) is 18.4 Å². The van der Waals surface area contributed by atoms with Gasteiger partial charge in [0.15, 0.2) is 0 Å². The number of unbranched alkanes of at least 4 members (excludes halogenated alkanes) is 8. The third-order valence-corrected chi connectivity index (χ3v) is 6.05. The number of hydrogen-bond donors (Lipinski definition) is 0. The van der Waals surface area contributed by atoms with Gasteiger partial charge in [-0.05, 0) is 30.2 Å².